The SMILES string of the molecule is O=C(c1ccco1)N1CCC(Oc2nc3ccc(F)cc3s2)CC1. The molecule has 3 aromatic rings. The first-order valence-electron chi connectivity index (χ1n) is 7.74. The predicted molar refractivity (Wildman–Crippen MR) is 87.8 cm³/mol. The maximum Gasteiger partial charge on any atom is 0.289 e. The van der Waals surface area contributed by atoms with E-state index in [0.717, 1.165) is 23.1 Å². The Morgan fingerprint density at radius 1 is 1.33 bits per heavy atom. The molecule has 0 bridgehead atoms. The van der Waals surface area contributed by atoms with E-state index in [1.165, 1.54) is 29.7 Å². The van der Waals surface area contributed by atoms with Crippen molar-refractivity contribution in [2.24, 2.45) is 0 Å². The molecule has 1 saturated heterocycles. The first-order valence-corrected chi connectivity index (χ1v) is 8.56. The van der Waals surface area contributed by atoms with Crippen LogP contribution in [0.25, 0.3) is 10.2 Å². The van der Waals surface area contributed by atoms with Gasteiger partial charge in [0.05, 0.1) is 16.5 Å². The molecule has 2 aromatic heterocycles. The average Bonchev–Trinajstić information content (AvgIpc) is 3.23. The summed E-state index contributed by atoms with van der Waals surface area (Å²) in [4.78, 5) is 18.4. The van der Waals surface area contributed by atoms with Crippen molar-refractivity contribution >= 4 is 27.5 Å². The maximum atomic E-state index is 13.2. The van der Waals surface area contributed by atoms with E-state index in [2.05, 4.69) is 4.98 Å². The molecule has 1 aliphatic rings. The van der Waals surface area contributed by atoms with Crippen molar-refractivity contribution in [3.63, 3.8) is 0 Å². The highest BCUT2D eigenvalue weighted by Crippen LogP contribution is 2.30. The Bertz CT molecular complexity index is 854. The van der Waals surface area contributed by atoms with Gasteiger partial charge in [-0.2, -0.15) is 0 Å². The number of hydrogen-bond donors (Lipinski definition) is 0. The van der Waals surface area contributed by atoms with Crippen LogP contribution in [-0.4, -0.2) is 35.0 Å². The average molecular weight is 346 g/mol. The molecular formula is C17H15FN2O3S. The molecule has 3 heterocycles. The summed E-state index contributed by atoms with van der Waals surface area (Å²) in [6.07, 6.45) is 2.98. The second kappa shape index (κ2) is 6.24. The zero-order valence-corrected chi connectivity index (χ0v) is 13.6. The number of nitrogens with zero attached hydrogens (tertiary/aromatic N) is 2. The van der Waals surface area contributed by atoms with Gasteiger partial charge in [-0.25, -0.2) is 9.37 Å². The van der Waals surface area contributed by atoms with E-state index in [1.54, 1.807) is 23.1 Å². The lowest BCUT2D eigenvalue weighted by Gasteiger charge is -2.31. The standard InChI is InChI=1S/C17H15FN2O3S/c18-11-3-4-13-15(10-11)24-17(19-13)23-12-5-7-20(8-6-12)16(21)14-2-1-9-22-14/h1-4,9-10,12H,5-8H2. The summed E-state index contributed by atoms with van der Waals surface area (Å²) in [6.45, 7) is 1.23. The molecule has 0 atom stereocenters. The third-order valence-corrected chi connectivity index (χ3v) is 4.97. The number of halogens is 1. The van der Waals surface area contributed by atoms with Crippen LogP contribution < -0.4 is 4.74 Å². The number of furan rings is 1. The van der Waals surface area contributed by atoms with E-state index in [0.29, 0.717) is 24.0 Å². The third kappa shape index (κ3) is 2.99. The lowest BCUT2D eigenvalue weighted by molar-refractivity contribution is 0.0567. The van der Waals surface area contributed by atoms with Gasteiger partial charge in [0, 0.05) is 25.9 Å². The van der Waals surface area contributed by atoms with Crippen molar-refractivity contribution in [3.05, 3.63) is 48.2 Å². The number of amides is 1. The Labute approximate surface area is 141 Å². The van der Waals surface area contributed by atoms with E-state index in [-0.39, 0.29) is 17.8 Å². The predicted octanol–water partition coefficient (Wildman–Crippen LogP) is 3.71. The summed E-state index contributed by atoms with van der Waals surface area (Å²) in [5.74, 6) is -0.000993. The van der Waals surface area contributed by atoms with Crippen LogP contribution in [0, 0.1) is 5.82 Å². The summed E-state index contributed by atoms with van der Waals surface area (Å²) in [6, 6.07) is 7.89. The van der Waals surface area contributed by atoms with Gasteiger partial charge in [-0.1, -0.05) is 11.3 Å². The number of benzene rings is 1. The molecular weight excluding hydrogens is 331 g/mol. The number of fused-ring (bicyclic) bond motifs is 1. The number of ether oxygens (including phenoxy) is 1. The molecule has 1 aromatic carbocycles. The topological polar surface area (TPSA) is 55.6 Å². The minimum Gasteiger partial charge on any atom is -0.467 e. The lowest BCUT2D eigenvalue weighted by atomic mass is 10.1. The molecule has 4 rings (SSSR count). The number of rotatable bonds is 3. The smallest absolute Gasteiger partial charge is 0.289 e. The van der Waals surface area contributed by atoms with Crippen LogP contribution in [0.15, 0.2) is 41.0 Å². The Kier molecular flexibility index (Phi) is 3.93. The van der Waals surface area contributed by atoms with Crippen LogP contribution in [0.5, 0.6) is 5.19 Å². The number of piperidine rings is 1. The Morgan fingerprint density at radius 2 is 2.17 bits per heavy atom. The Hall–Kier alpha value is -2.41. The fraction of sp³-hybridized carbons (Fsp3) is 0.294. The molecule has 1 amide bonds. The minimum atomic E-state index is -0.276. The number of carbonyl (C=O) groups is 1. The zero-order valence-electron chi connectivity index (χ0n) is 12.8. The van der Waals surface area contributed by atoms with Gasteiger partial charge < -0.3 is 14.1 Å². The fourth-order valence-electron chi connectivity index (χ4n) is 2.80. The largest absolute Gasteiger partial charge is 0.467 e. The summed E-state index contributed by atoms with van der Waals surface area (Å²) in [7, 11) is 0. The molecule has 24 heavy (non-hydrogen) atoms. The second-order valence-corrected chi connectivity index (χ2v) is 6.67. The van der Waals surface area contributed by atoms with Crippen LogP contribution in [-0.2, 0) is 0 Å². The highest BCUT2D eigenvalue weighted by atomic mass is 32.1. The van der Waals surface area contributed by atoms with Gasteiger partial charge in [0.25, 0.3) is 11.1 Å². The third-order valence-electron chi connectivity index (χ3n) is 4.06. The van der Waals surface area contributed by atoms with Gasteiger partial charge in [-0.3, -0.25) is 4.79 Å². The normalized spacial score (nSPS) is 15.8. The molecule has 0 saturated carbocycles. The second-order valence-electron chi connectivity index (χ2n) is 5.68. The molecule has 1 fully saturated rings. The molecule has 0 N–H and O–H groups in total. The molecule has 124 valence electrons. The van der Waals surface area contributed by atoms with Gasteiger partial charge >= 0.3 is 0 Å². The van der Waals surface area contributed by atoms with E-state index < -0.39 is 0 Å². The minimum absolute atomic E-state index is 0.0102. The maximum absolute atomic E-state index is 13.2. The van der Waals surface area contributed by atoms with Gasteiger partial charge in [0.2, 0.25) is 0 Å². The monoisotopic (exact) mass is 346 g/mol. The molecule has 0 radical (unpaired) electrons. The molecule has 7 heteroatoms. The number of hydrogen-bond acceptors (Lipinski definition) is 5. The van der Waals surface area contributed by atoms with E-state index in [4.69, 9.17) is 9.15 Å². The lowest BCUT2D eigenvalue weighted by Crippen LogP contribution is -2.41. The van der Waals surface area contributed by atoms with Crippen molar-refractivity contribution in [2.75, 3.05) is 13.1 Å². The highest BCUT2D eigenvalue weighted by molar-refractivity contribution is 7.20. The van der Waals surface area contributed by atoms with Gasteiger partial charge in [0.1, 0.15) is 11.9 Å². The summed E-state index contributed by atoms with van der Waals surface area (Å²) in [5.41, 5.74) is 0.738. The Morgan fingerprint density at radius 3 is 2.92 bits per heavy atom. The number of thiazole rings is 1. The quantitative estimate of drug-likeness (QED) is 0.725. The van der Waals surface area contributed by atoms with Gasteiger partial charge in [-0.05, 0) is 30.3 Å². The first-order chi connectivity index (χ1) is 11.7. The molecule has 0 aliphatic carbocycles. The van der Waals surface area contributed by atoms with Crippen LogP contribution in [0.2, 0.25) is 0 Å². The van der Waals surface area contributed by atoms with Crippen molar-refractivity contribution < 1.29 is 18.3 Å². The molecule has 5 nitrogen and oxygen atoms in total. The first kappa shape index (κ1) is 15.1. The van der Waals surface area contributed by atoms with E-state index in [9.17, 15) is 9.18 Å². The number of carbonyl (C=O) groups excluding carboxylic acids is 1. The number of aromatic nitrogens is 1. The molecule has 0 spiro atoms. The highest BCUT2D eigenvalue weighted by Gasteiger charge is 2.26. The summed E-state index contributed by atoms with van der Waals surface area (Å²) < 4.78 is 25.1. The van der Waals surface area contributed by atoms with Crippen LogP contribution in [0.4, 0.5) is 4.39 Å². The van der Waals surface area contributed by atoms with Crippen molar-refractivity contribution in [1.82, 2.24) is 9.88 Å². The van der Waals surface area contributed by atoms with Gasteiger partial charge in [0.15, 0.2) is 5.76 Å². The van der Waals surface area contributed by atoms with Gasteiger partial charge in [-0.15, -0.1) is 0 Å². The molecule has 0 unspecified atom stereocenters. The van der Waals surface area contributed by atoms with E-state index >= 15 is 0 Å². The fourth-order valence-corrected chi connectivity index (χ4v) is 3.71. The van der Waals surface area contributed by atoms with E-state index in [1.807, 2.05) is 0 Å². The van der Waals surface area contributed by atoms with Crippen LogP contribution in [0.3, 0.4) is 0 Å². The van der Waals surface area contributed by atoms with Crippen LogP contribution >= 0.6 is 11.3 Å². The Balaban J connectivity index is 1.38. The summed E-state index contributed by atoms with van der Waals surface area (Å²) >= 11 is 1.34. The van der Waals surface area contributed by atoms with Crippen molar-refractivity contribution in [2.45, 2.75) is 18.9 Å². The number of likely N-dealkylation sites (tertiary alicyclic amines) is 1. The van der Waals surface area contributed by atoms with Crippen LogP contribution in [0.1, 0.15) is 23.4 Å². The zero-order chi connectivity index (χ0) is 16.5. The summed E-state index contributed by atoms with van der Waals surface area (Å²) in [5, 5.41) is 0.548. The van der Waals surface area contributed by atoms with Crippen molar-refractivity contribution in [3.8, 4) is 5.19 Å². The molecule has 1 aliphatic heterocycles. The van der Waals surface area contributed by atoms with Crippen molar-refractivity contribution in [1.29, 1.82) is 0 Å².